The molecule has 1 aliphatic heterocycles. The van der Waals surface area contributed by atoms with Gasteiger partial charge in [-0.25, -0.2) is 4.99 Å². The highest BCUT2D eigenvalue weighted by atomic mass is 15.2. The topological polar surface area (TPSA) is 39.7 Å². The third-order valence-corrected chi connectivity index (χ3v) is 4.57. The summed E-state index contributed by atoms with van der Waals surface area (Å²) in [5.41, 5.74) is 5.08. The van der Waals surface area contributed by atoms with Gasteiger partial charge in [-0.2, -0.15) is 0 Å². The van der Waals surface area contributed by atoms with Crippen LogP contribution in [-0.2, 0) is 13.1 Å². The Morgan fingerprint density at radius 1 is 1.04 bits per heavy atom. The summed E-state index contributed by atoms with van der Waals surface area (Å²) in [6.45, 7) is 8.50. The van der Waals surface area contributed by atoms with E-state index in [1.807, 2.05) is 0 Å². The Balaban J connectivity index is 1.63. The molecule has 0 spiro atoms. The second-order valence-corrected chi connectivity index (χ2v) is 6.52. The minimum absolute atomic E-state index is 0.665. The zero-order valence-corrected chi connectivity index (χ0v) is 15.7. The van der Waals surface area contributed by atoms with E-state index in [-0.39, 0.29) is 0 Å². The van der Waals surface area contributed by atoms with Gasteiger partial charge in [-0.05, 0) is 42.7 Å². The summed E-state index contributed by atoms with van der Waals surface area (Å²) in [5.74, 6) is 0.851. The van der Waals surface area contributed by atoms with Gasteiger partial charge in [0, 0.05) is 31.9 Å². The van der Waals surface area contributed by atoms with Crippen LogP contribution in [0.25, 0.3) is 0 Å². The number of rotatable bonds is 6. The lowest BCUT2D eigenvalue weighted by atomic mass is 10.1. The predicted octanol–water partition coefficient (Wildman–Crippen LogP) is 3.63. The second kappa shape index (κ2) is 9.09. The van der Waals surface area contributed by atoms with Crippen LogP contribution >= 0.6 is 0 Å². The zero-order chi connectivity index (χ0) is 18.2. The van der Waals surface area contributed by atoms with E-state index in [0.717, 1.165) is 32.1 Å². The normalized spacial score (nSPS) is 13.9. The number of guanidine groups is 1. The van der Waals surface area contributed by atoms with Crippen LogP contribution in [0.4, 0.5) is 5.69 Å². The third-order valence-electron chi connectivity index (χ3n) is 4.57. The summed E-state index contributed by atoms with van der Waals surface area (Å²) in [6, 6.07) is 17.1. The summed E-state index contributed by atoms with van der Waals surface area (Å²) >= 11 is 0. The number of hydrogen-bond donors (Lipinski definition) is 2. The van der Waals surface area contributed by atoms with Crippen LogP contribution in [0.15, 0.2) is 65.7 Å². The first-order chi connectivity index (χ1) is 12.8. The van der Waals surface area contributed by atoms with Gasteiger partial charge < -0.3 is 15.5 Å². The van der Waals surface area contributed by atoms with Crippen LogP contribution < -0.4 is 15.5 Å². The molecule has 0 fully saturated rings. The Bertz CT molecular complexity index is 771. The van der Waals surface area contributed by atoms with E-state index < -0.39 is 0 Å². The van der Waals surface area contributed by atoms with Gasteiger partial charge in [0.1, 0.15) is 0 Å². The molecule has 0 bridgehead atoms. The molecule has 4 nitrogen and oxygen atoms in total. The molecular weight excluding hydrogens is 320 g/mol. The Morgan fingerprint density at radius 3 is 2.62 bits per heavy atom. The number of anilines is 1. The van der Waals surface area contributed by atoms with Gasteiger partial charge in [0.25, 0.3) is 0 Å². The lowest BCUT2D eigenvalue weighted by molar-refractivity contribution is 0.813. The minimum atomic E-state index is 0.665. The van der Waals surface area contributed by atoms with Gasteiger partial charge >= 0.3 is 0 Å². The van der Waals surface area contributed by atoms with Crippen molar-refractivity contribution in [1.82, 2.24) is 10.6 Å². The Hall–Kier alpha value is -2.75. The van der Waals surface area contributed by atoms with Crippen molar-refractivity contribution >= 4 is 11.6 Å². The smallest absolute Gasteiger partial charge is 0.191 e. The van der Waals surface area contributed by atoms with Gasteiger partial charge in [0.15, 0.2) is 5.96 Å². The van der Waals surface area contributed by atoms with E-state index >= 15 is 0 Å². The molecule has 1 heterocycles. The number of nitrogens with zero attached hydrogens (tertiary/aromatic N) is 2. The maximum Gasteiger partial charge on any atom is 0.191 e. The van der Waals surface area contributed by atoms with Gasteiger partial charge in [0.2, 0.25) is 0 Å². The van der Waals surface area contributed by atoms with Gasteiger partial charge in [-0.15, -0.1) is 0 Å². The summed E-state index contributed by atoms with van der Waals surface area (Å²) in [4.78, 5) is 7.11. The average molecular weight is 348 g/mol. The van der Waals surface area contributed by atoms with Crippen molar-refractivity contribution in [1.29, 1.82) is 0 Å². The molecule has 0 unspecified atom stereocenters. The van der Waals surface area contributed by atoms with Gasteiger partial charge in [0.05, 0.1) is 6.54 Å². The highest BCUT2D eigenvalue weighted by Gasteiger charge is 2.08. The van der Waals surface area contributed by atoms with Crippen molar-refractivity contribution in [3.63, 3.8) is 0 Å². The van der Waals surface area contributed by atoms with Crippen molar-refractivity contribution in [2.75, 3.05) is 24.5 Å². The van der Waals surface area contributed by atoms with Crippen molar-refractivity contribution in [3.8, 4) is 0 Å². The number of nitrogens with one attached hydrogen (secondary N) is 2. The van der Waals surface area contributed by atoms with E-state index in [2.05, 4.69) is 90.1 Å². The Labute approximate surface area is 156 Å². The van der Waals surface area contributed by atoms with E-state index in [1.165, 1.54) is 22.4 Å². The molecule has 2 aromatic rings. The molecule has 0 aromatic heterocycles. The van der Waals surface area contributed by atoms with Crippen LogP contribution in [0.5, 0.6) is 0 Å². The number of aliphatic imine (C=N–C) groups is 1. The van der Waals surface area contributed by atoms with Crippen LogP contribution in [0.1, 0.15) is 23.6 Å². The van der Waals surface area contributed by atoms with Gasteiger partial charge in [-0.3, -0.25) is 0 Å². The summed E-state index contributed by atoms with van der Waals surface area (Å²) in [5, 5.41) is 6.77. The molecule has 0 aliphatic carbocycles. The van der Waals surface area contributed by atoms with Gasteiger partial charge in [-0.1, -0.05) is 48.6 Å². The van der Waals surface area contributed by atoms with E-state index in [0.29, 0.717) is 6.54 Å². The molecule has 26 heavy (non-hydrogen) atoms. The highest BCUT2D eigenvalue weighted by Crippen LogP contribution is 2.18. The molecule has 0 amide bonds. The Morgan fingerprint density at radius 2 is 1.85 bits per heavy atom. The molecule has 0 atom stereocenters. The van der Waals surface area contributed by atoms with Crippen molar-refractivity contribution in [3.05, 3.63) is 77.4 Å². The average Bonchev–Trinajstić information content (AvgIpc) is 3.20. The Kier molecular flexibility index (Phi) is 6.31. The van der Waals surface area contributed by atoms with Crippen molar-refractivity contribution < 1.29 is 0 Å². The molecule has 3 rings (SSSR count). The van der Waals surface area contributed by atoms with E-state index in [1.54, 1.807) is 0 Å². The fraction of sp³-hybridized carbons (Fsp3) is 0.318. The van der Waals surface area contributed by atoms with Crippen LogP contribution in [0.3, 0.4) is 0 Å². The fourth-order valence-electron chi connectivity index (χ4n) is 3.04. The fourth-order valence-corrected chi connectivity index (χ4v) is 3.04. The standard InChI is InChI=1S/C22H28N4/c1-3-23-22(25-17-20-11-5-4-9-18(20)2)24-16-19-10-8-12-21(15-19)26-13-6-7-14-26/h4-12,15H,3,13-14,16-17H2,1-2H3,(H2,23,24,25). The SMILES string of the molecule is CCNC(=NCc1cccc(N2CC=CC2)c1)NCc1ccccc1C. The zero-order valence-electron chi connectivity index (χ0n) is 15.7. The monoisotopic (exact) mass is 348 g/mol. The molecule has 4 heteroatoms. The number of hydrogen-bond acceptors (Lipinski definition) is 2. The molecule has 0 saturated carbocycles. The first-order valence-electron chi connectivity index (χ1n) is 9.32. The maximum atomic E-state index is 4.76. The minimum Gasteiger partial charge on any atom is -0.364 e. The molecule has 136 valence electrons. The lowest BCUT2D eigenvalue weighted by Gasteiger charge is -2.18. The molecule has 0 saturated heterocycles. The first kappa shape index (κ1) is 18.1. The van der Waals surface area contributed by atoms with Crippen LogP contribution in [0.2, 0.25) is 0 Å². The summed E-state index contributed by atoms with van der Waals surface area (Å²) in [7, 11) is 0. The molecule has 2 aromatic carbocycles. The molecular formula is C22H28N4. The van der Waals surface area contributed by atoms with E-state index in [9.17, 15) is 0 Å². The number of benzene rings is 2. The second-order valence-electron chi connectivity index (χ2n) is 6.52. The highest BCUT2D eigenvalue weighted by molar-refractivity contribution is 5.79. The predicted molar refractivity (Wildman–Crippen MR) is 111 cm³/mol. The lowest BCUT2D eigenvalue weighted by Crippen LogP contribution is -2.36. The molecule has 2 N–H and O–H groups in total. The van der Waals surface area contributed by atoms with Crippen molar-refractivity contribution in [2.24, 2.45) is 4.99 Å². The first-order valence-corrected chi connectivity index (χ1v) is 9.32. The van der Waals surface area contributed by atoms with Crippen molar-refractivity contribution in [2.45, 2.75) is 26.9 Å². The summed E-state index contributed by atoms with van der Waals surface area (Å²) < 4.78 is 0. The van der Waals surface area contributed by atoms with Crippen LogP contribution in [0, 0.1) is 6.92 Å². The quantitative estimate of drug-likeness (QED) is 0.476. The third kappa shape index (κ3) is 4.88. The summed E-state index contributed by atoms with van der Waals surface area (Å²) in [6.07, 6.45) is 4.42. The number of aryl methyl sites for hydroxylation is 1. The largest absolute Gasteiger partial charge is 0.364 e. The van der Waals surface area contributed by atoms with E-state index in [4.69, 9.17) is 4.99 Å². The molecule has 0 radical (unpaired) electrons. The van der Waals surface area contributed by atoms with Crippen LogP contribution in [-0.4, -0.2) is 25.6 Å². The molecule has 1 aliphatic rings. The maximum absolute atomic E-state index is 4.76.